The van der Waals surface area contributed by atoms with Gasteiger partial charge in [-0.1, -0.05) is 49.6 Å². The van der Waals surface area contributed by atoms with Crippen molar-refractivity contribution in [1.29, 1.82) is 0 Å². The Morgan fingerprint density at radius 1 is 1.23 bits per heavy atom. The highest BCUT2D eigenvalue weighted by atomic mass is 35.5. The summed E-state index contributed by atoms with van der Waals surface area (Å²) in [6.45, 7) is 1.12. The molecule has 0 bridgehead atoms. The second-order valence-electron chi connectivity index (χ2n) is 5.72. The summed E-state index contributed by atoms with van der Waals surface area (Å²) >= 11 is 0. The van der Waals surface area contributed by atoms with Gasteiger partial charge in [0.1, 0.15) is 0 Å². The van der Waals surface area contributed by atoms with E-state index < -0.39 is 6.04 Å². The second-order valence-corrected chi connectivity index (χ2v) is 5.72. The Morgan fingerprint density at radius 2 is 1.91 bits per heavy atom. The molecular formula is C17H27ClN2O2. The van der Waals surface area contributed by atoms with Crippen LogP contribution in [0.25, 0.3) is 0 Å². The van der Waals surface area contributed by atoms with Crippen molar-refractivity contribution in [3.63, 3.8) is 0 Å². The molecule has 0 unspecified atom stereocenters. The van der Waals surface area contributed by atoms with Crippen LogP contribution in [0.2, 0.25) is 0 Å². The quantitative estimate of drug-likeness (QED) is 0.756. The van der Waals surface area contributed by atoms with E-state index in [0.29, 0.717) is 25.7 Å². The number of halogens is 1. The van der Waals surface area contributed by atoms with Crippen molar-refractivity contribution in [2.45, 2.75) is 50.7 Å². The largest absolute Gasteiger partial charge is 0.376 e. The number of benzene rings is 1. The molecule has 1 atom stereocenters. The molecule has 22 heavy (non-hydrogen) atoms. The van der Waals surface area contributed by atoms with E-state index in [1.54, 1.807) is 0 Å². The maximum absolute atomic E-state index is 11.9. The molecule has 1 aliphatic rings. The van der Waals surface area contributed by atoms with Crippen LogP contribution in [0.3, 0.4) is 0 Å². The SMILES string of the molecule is Cl.N[C@@H](Cc1ccccc1)C(=O)NCCOC1CCCCC1. The minimum atomic E-state index is -0.498. The van der Waals surface area contributed by atoms with E-state index in [9.17, 15) is 4.79 Å². The zero-order valence-corrected chi connectivity index (χ0v) is 13.8. The molecule has 1 aliphatic carbocycles. The van der Waals surface area contributed by atoms with Crippen molar-refractivity contribution in [2.75, 3.05) is 13.2 Å². The normalized spacial score (nSPS) is 16.6. The summed E-state index contributed by atoms with van der Waals surface area (Å²) in [6.07, 6.45) is 7.11. The predicted molar refractivity (Wildman–Crippen MR) is 91.2 cm³/mol. The highest BCUT2D eigenvalue weighted by molar-refractivity contribution is 5.85. The third kappa shape index (κ3) is 6.77. The van der Waals surface area contributed by atoms with Crippen LogP contribution in [-0.4, -0.2) is 31.2 Å². The van der Waals surface area contributed by atoms with Crippen LogP contribution < -0.4 is 11.1 Å². The first-order valence-corrected chi connectivity index (χ1v) is 7.94. The highest BCUT2D eigenvalue weighted by Crippen LogP contribution is 2.19. The molecule has 1 amide bonds. The van der Waals surface area contributed by atoms with Gasteiger partial charge < -0.3 is 15.8 Å². The number of carbonyl (C=O) groups is 1. The molecular weight excluding hydrogens is 300 g/mol. The van der Waals surface area contributed by atoms with Gasteiger partial charge >= 0.3 is 0 Å². The monoisotopic (exact) mass is 326 g/mol. The van der Waals surface area contributed by atoms with Crippen molar-refractivity contribution in [3.8, 4) is 0 Å². The van der Waals surface area contributed by atoms with Crippen LogP contribution in [0, 0.1) is 0 Å². The van der Waals surface area contributed by atoms with Crippen LogP contribution in [0.1, 0.15) is 37.7 Å². The van der Waals surface area contributed by atoms with Crippen LogP contribution in [0.15, 0.2) is 30.3 Å². The molecule has 0 aromatic heterocycles. The van der Waals surface area contributed by atoms with Gasteiger partial charge in [-0.05, 0) is 24.8 Å². The number of rotatable bonds is 7. The Balaban J connectivity index is 0.00000242. The fourth-order valence-corrected chi connectivity index (χ4v) is 2.72. The smallest absolute Gasteiger partial charge is 0.237 e. The Bertz CT molecular complexity index is 422. The topological polar surface area (TPSA) is 64.4 Å². The molecule has 3 N–H and O–H groups in total. The van der Waals surface area contributed by atoms with E-state index in [2.05, 4.69) is 5.32 Å². The van der Waals surface area contributed by atoms with Crippen molar-refractivity contribution in [3.05, 3.63) is 35.9 Å². The van der Waals surface area contributed by atoms with Crippen LogP contribution in [0.5, 0.6) is 0 Å². The summed E-state index contributed by atoms with van der Waals surface area (Å²) in [4.78, 5) is 11.9. The number of carbonyl (C=O) groups excluding carboxylic acids is 1. The van der Waals surface area contributed by atoms with Gasteiger partial charge in [-0.15, -0.1) is 12.4 Å². The Labute approximate surface area is 139 Å². The fourth-order valence-electron chi connectivity index (χ4n) is 2.72. The minimum Gasteiger partial charge on any atom is -0.376 e. The number of nitrogens with one attached hydrogen (secondary N) is 1. The molecule has 0 saturated heterocycles. The van der Waals surface area contributed by atoms with Gasteiger partial charge in [-0.3, -0.25) is 4.79 Å². The third-order valence-electron chi connectivity index (χ3n) is 3.94. The highest BCUT2D eigenvalue weighted by Gasteiger charge is 2.15. The number of hydrogen-bond donors (Lipinski definition) is 2. The first-order valence-electron chi connectivity index (χ1n) is 7.94. The average Bonchev–Trinajstić information content (AvgIpc) is 2.53. The molecule has 5 heteroatoms. The van der Waals surface area contributed by atoms with Crippen molar-refractivity contribution in [1.82, 2.24) is 5.32 Å². The average molecular weight is 327 g/mol. The summed E-state index contributed by atoms with van der Waals surface area (Å²) < 4.78 is 5.78. The van der Waals surface area contributed by atoms with Crippen LogP contribution in [0.4, 0.5) is 0 Å². The van der Waals surface area contributed by atoms with Gasteiger partial charge in [0.05, 0.1) is 18.8 Å². The molecule has 0 aliphatic heterocycles. The van der Waals surface area contributed by atoms with Gasteiger partial charge in [0.15, 0.2) is 0 Å². The minimum absolute atomic E-state index is 0. The molecule has 2 rings (SSSR count). The Kier molecular flexibility index (Phi) is 9.13. The Hall–Kier alpha value is -1.10. The molecule has 0 radical (unpaired) electrons. The molecule has 0 spiro atoms. The first-order chi connectivity index (χ1) is 10.3. The summed E-state index contributed by atoms with van der Waals surface area (Å²) in [6, 6.07) is 9.34. The van der Waals surface area contributed by atoms with Crippen molar-refractivity contribution < 1.29 is 9.53 Å². The lowest BCUT2D eigenvalue weighted by molar-refractivity contribution is -0.122. The standard InChI is InChI=1S/C17H26N2O2.ClH/c18-16(13-14-7-3-1-4-8-14)17(20)19-11-12-21-15-9-5-2-6-10-15;/h1,3-4,7-8,15-16H,2,5-6,9-13,18H2,(H,19,20);1H/t16-;/m0./s1. The number of nitrogens with two attached hydrogens (primary N) is 1. The lowest BCUT2D eigenvalue weighted by Gasteiger charge is -2.22. The van der Waals surface area contributed by atoms with E-state index in [1.807, 2.05) is 30.3 Å². The van der Waals surface area contributed by atoms with E-state index in [-0.39, 0.29) is 18.3 Å². The maximum Gasteiger partial charge on any atom is 0.237 e. The number of amides is 1. The number of ether oxygens (including phenoxy) is 1. The van der Waals surface area contributed by atoms with Crippen molar-refractivity contribution in [2.24, 2.45) is 5.73 Å². The van der Waals surface area contributed by atoms with E-state index in [4.69, 9.17) is 10.5 Å². The third-order valence-corrected chi connectivity index (χ3v) is 3.94. The summed E-state index contributed by atoms with van der Waals surface area (Å²) in [5.74, 6) is -0.105. The van der Waals surface area contributed by atoms with Gasteiger partial charge in [0.2, 0.25) is 5.91 Å². The summed E-state index contributed by atoms with van der Waals surface area (Å²) in [5, 5.41) is 2.85. The molecule has 1 aromatic rings. The van der Waals surface area contributed by atoms with E-state index in [0.717, 1.165) is 18.4 Å². The van der Waals surface area contributed by atoms with E-state index in [1.165, 1.54) is 19.3 Å². The summed E-state index contributed by atoms with van der Waals surface area (Å²) in [5.41, 5.74) is 7.00. The molecule has 4 nitrogen and oxygen atoms in total. The predicted octanol–water partition coefficient (Wildman–Crippen LogP) is 2.44. The molecule has 1 fully saturated rings. The van der Waals surface area contributed by atoms with Gasteiger partial charge in [-0.2, -0.15) is 0 Å². The zero-order valence-electron chi connectivity index (χ0n) is 13.0. The molecule has 0 heterocycles. The number of hydrogen-bond acceptors (Lipinski definition) is 3. The van der Waals surface area contributed by atoms with E-state index >= 15 is 0 Å². The maximum atomic E-state index is 11.9. The molecule has 1 aromatic carbocycles. The Morgan fingerprint density at radius 3 is 2.59 bits per heavy atom. The van der Waals surface area contributed by atoms with Gasteiger partial charge in [-0.25, -0.2) is 0 Å². The zero-order chi connectivity index (χ0) is 14.9. The van der Waals surface area contributed by atoms with Gasteiger partial charge in [0.25, 0.3) is 0 Å². The lowest BCUT2D eigenvalue weighted by Crippen LogP contribution is -2.43. The fraction of sp³-hybridized carbons (Fsp3) is 0.588. The van der Waals surface area contributed by atoms with Crippen LogP contribution >= 0.6 is 12.4 Å². The van der Waals surface area contributed by atoms with Gasteiger partial charge in [0, 0.05) is 6.54 Å². The van der Waals surface area contributed by atoms with Crippen LogP contribution in [-0.2, 0) is 16.0 Å². The molecule has 124 valence electrons. The first kappa shape index (κ1) is 18.9. The van der Waals surface area contributed by atoms with Crippen molar-refractivity contribution >= 4 is 18.3 Å². The summed E-state index contributed by atoms with van der Waals surface area (Å²) in [7, 11) is 0. The second kappa shape index (κ2) is 10.6. The molecule has 1 saturated carbocycles. The lowest BCUT2D eigenvalue weighted by atomic mass is 9.98.